The smallest absolute Gasteiger partial charge is 0.184 e. The molecular weight excluding hydrogens is 227 g/mol. The molecule has 4 nitrogen and oxygen atoms in total. The van der Waals surface area contributed by atoms with Gasteiger partial charge in [-0.1, -0.05) is 30.3 Å². The van der Waals surface area contributed by atoms with Crippen molar-refractivity contribution in [3.05, 3.63) is 35.9 Å². The Bertz CT molecular complexity index is 346. The van der Waals surface area contributed by atoms with E-state index in [1.165, 1.54) is 0 Å². The van der Waals surface area contributed by atoms with Crippen molar-refractivity contribution in [3.63, 3.8) is 0 Å². The zero-order valence-corrected chi connectivity index (χ0v) is 9.20. The number of rotatable bonds is 4. The van der Waals surface area contributed by atoms with E-state index >= 15 is 0 Å². The van der Waals surface area contributed by atoms with Crippen molar-refractivity contribution in [2.45, 2.75) is 31.3 Å². The number of alkyl halides is 1. The number of benzene rings is 1. The summed E-state index contributed by atoms with van der Waals surface area (Å²) in [6, 6.07) is 9.27. The van der Waals surface area contributed by atoms with Gasteiger partial charge in [-0.15, -0.1) is 0 Å². The van der Waals surface area contributed by atoms with Crippen molar-refractivity contribution in [2.75, 3.05) is 6.61 Å². The van der Waals surface area contributed by atoms with Crippen molar-refractivity contribution >= 4 is 0 Å². The monoisotopic (exact) mass is 242 g/mol. The molecule has 1 aliphatic rings. The molecule has 0 bridgehead atoms. The number of aliphatic hydroxyl groups is 2. The average Bonchev–Trinajstić information content (AvgIpc) is 2.63. The van der Waals surface area contributed by atoms with Crippen LogP contribution in [-0.4, -0.2) is 41.5 Å². The summed E-state index contributed by atoms with van der Waals surface area (Å²) in [6.45, 7) is -0.270. The van der Waals surface area contributed by atoms with E-state index in [1.807, 2.05) is 30.3 Å². The molecule has 2 N–H and O–H groups in total. The van der Waals surface area contributed by atoms with Gasteiger partial charge < -0.3 is 19.7 Å². The lowest BCUT2D eigenvalue weighted by Crippen LogP contribution is -2.33. The van der Waals surface area contributed by atoms with Crippen molar-refractivity contribution < 1.29 is 24.1 Å². The van der Waals surface area contributed by atoms with Crippen molar-refractivity contribution in [1.29, 1.82) is 0 Å². The molecule has 1 aliphatic heterocycles. The number of aliphatic hydroxyl groups excluding tert-OH is 2. The van der Waals surface area contributed by atoms with Crippen LogP contribution in [0.15, 0.2) is 30.3 Å². The summed E-state index contributed by atoms with van der Waals surface area (Å²) in [7, 11) is 0. The number of hydrogen-bond donors (Lipinski definition) is 2. The summed E-state index contributed by atoms with van der Waals surface area (Å²) in [5.74, 6) is 0. The fraction of sp³-hybridized carbons (Fsp3) is 0.500. The summed E-state index contributed by atoms with van der Waals surface area (Å²) in [6.07, 6.45) is -4.90. The number of ether oxygens (including phenoxy) is 2. The summed E-state index contributed by atoms with van der Waals surface area (Å²) in [4.78, 5) is 0. The molecule has 1 heterocycles. The Labute approximate surface area is 98.6 Å². The van der Waals surface area contributed by atoms with Gasteiger partial charge in [0.25, 0.3) is 0 Å². The molecular formula is C12H15FO4. The molecule has 1 aromatic rings. The van der Waals surface area contributed by atoms with Gasteiger partial charge in [0, 0.05) is 0 Å². The lowest BCUT2D eigenvalue weighted by Gasteiger charge is -2.16. The van der Waals surface area contributed by atoms with Gasteiger partial charge in [0.2, 0.25) is 0 Å². The molecule has 0 saturated carbocycles. The van der Waals surface area contributed by atoms with Crippen LogP contribution in [0.5, 0.6) is 0 Å². The number of halogens is 1. The van der Waals surface area contributed by atoms with E-state index in [0.29, 0.717) is 0 Å². The maximum atomic E-state index is 13.6. The van der Waals surface area contributed by atoms with Crippen LogP contribution >= 0.6 is 0 Å². The molecule has 0 aromatic heterocycles. The first-order chi connectivity index (χ1) is 8.22. The molecule has 1 saturated heterocycles. The highest BCUT2D eigenvalue weighted by Crippen LogP contribution is 2.25. The summed E-state index contributed by atoms with van der Waals surface area (Å²) < 4.78 is 23.7. The molecule has 4 atom stereocenters. The molecule has 0 spiro atoms. The van der Waals surface area contributed by atoms with E-state index < -0.39 is 31.3 Å². The van der Waals surface area contributed by atoms with Gasteiger partial charge in [0.05, 0.1) is 13.2 Å². The summed E-state index contributed by atoms with van der Waals surface area (Å²) in [5.41, 5.74) is 0.888. The standard InChI is InChI=1S/C12H15FO4/c13-10-9(6-14)17-12(15)11(10)16-7-8-4-2-1-3-5-8/h1-5,9-12,14-15H,6-7H2/t9-,10-,11-,12-/m1/s1. The second-order valence-electron chi connectivity index (χ2n) is 3.95. The van der Waals surface area contributed by atoms with E-state index in [0.717, 1.165) is 5.56 Å². The van der Waals surface area contributed by atoms with E-state index in [1.54, 1.807) is 0 Å². The molecule has 0 aliphatic carbocycles. The van der Waals surface area contributed by atoms with Crippen LogP contribution in [-0.2, 0) is 16.1 Å². The Morgan fingerprint density at radius 2 is 2.00 bits per heavy atom. The minimum Gasteiger partial charge on any atom is -0.394 e. The Balaban J connectivity index is 1.91. The third-order valence-corrected chi connectivity index (χ3v) is 2.73. The molecule has 1 aromatic carbocycles. The average molecular weight is 242 g/mol. The highest BCUT2D eigenvalue weighted by Gasteiger charge is 2.44. The quantitative estimate of drug-likeness (QED) is 0.812. The Morgan fingerprint density at radius 1 is 1.29 bits per heavy atom. The first kappa shape index (κ1) is 12.4. The Morgan fingerprint density at radius 3 is 2.59 bits per heavy atom. The minimum absolute atomic E-state index is 0.199. The van der Waals surface area contributed by atoms with E-state index in [-0.39, 0.29) is 6.61 Å². The molecule has 2 rings (SSSR count). The fourth-order valence-electron chi connectivity index (χ4n) is 1.79. The van der Waals surface area contributed by atoms with Gasteiger partial charge in [0.15, 0.2) is 12.5 Å². The minimum atomic E-state index is -1.52. The second-order valence-corrected chi connectivity index (χ2v) is 3.95. The first-order valence-electron chi connectivity index (χ1n) is 5.46. The lowest BCUT2D eigenvalue weighted by molar-refractivity contribution is -0.149. The summed E-state index contributed by atoms with van der Waals surface area (Å²) in [5, 5.41) is 18.3. The molecule has 5 heteroatoms. The highest BCUT2D eigenvalue weighted by atomic mass is 19.1. The van der Waals surface area contributed by atoms with Crippen molar-refractivity contribution in [2.24, 2.45) is 0 Å². The third-order valence-electron chi connectivity index (χ3n) is 2.73. The molecule has 1 fully saturated rings. The van der Waals surface area contributed by atoms with Crippen molar-refractivity contribution in [1.82, 2.24) is 0 Å². The van der Waals surface area contributed by atoms with Gasteiger partial charge in [-0.05, 0) is 5.56 Å². The SMILES string of the molecule is OC[C@H]1O[C@@H](O)[C@H](OCc2ccccc2)[C@@H]1F. The van der Waals surface area contributed by atoms with Gasteiger partial charge in [-0.25, -0.2) is 4.39 Å². The van der Waals surface area contributed by atoms with Gasteiger partial charge >= 0.3 is 0 Å². The Hall–Kier alpha value is -1.01. The maximum absolute atomic E-state index is 13.6. The third kappa shape index (κ3) is 2.81. The molecule has 0 amide bonds. The maximum Gasteiger partial charge on any atom is 0.184 e. The van der Waals surface area contributed by atoms with E-state index in [4.69, 9.17) is 14.6 Å². The van der Waals surface area contributed by atoms with Crippen LogP contribution in [0.1, 0.15) is 5.56 Å². The molecule has 94 valence electrons. The first-order valence-corrected chi connectivity index (χ1v) is 5.46. The van der Waals surface area contributed by atoms with Gasteiger partial charge in [-0.3, -0.25) is 0 Å². The molecule has 0 radical (unpaired) electrons. The van der Waals surface area contributed by atoms with Crippen LogP contribution in [0.4, 0.5) is 4.39 Å². The zero-order valence-electron chi connectivity index (χ0n) is 9.20. The largest absolute Gasteiger partial charge is 0.394 e. The topological polar surface area (TPSA) is 58.9 Å². The van der Waals surface area contributed by atoms with E-state index in [9.17, 15) is 9.50 Å². The number of hydrogen-bond acceptors (Lipinski definition) is 4. The predicted octanol–water partition coefficient (Wildman–Crippen LogP) is 0.619. The molecule has 0 unspecified atom stereocenters. The highest BCUT2D eigenvalue weighted by molar-refractivity contribution is 5.13. The molecule has 17 heavy (non-hydrogen) atoms. The lowest BCUT2D eigenvalue weighted by atomic mass is 10.1. The van der Waals surface area contributed by atoms with Gasteiger partial charge in [0.1, 0.15) is 12.2 Å². The normalized spacial score (nSPS) is 32.9. The van der Waals surface area contributed by atoms with Crippen LogP contribution in [0, 0.1) is 0 Å². The fourth-order valence-corrected chi connectivity index (χ4v) is 1.79. The second kappa shape index (κ2) is 5.55. The zero-order chi connectivity index (χ0) is 12.3. The van der Waals surface area contributed by atoms with Crippen LogP contribution in [0.25, 0.3) is 0 Å². The van der Waals surface area contributed by atoms with E-state index in [2.05, 4.69) is 0 Å². The van der Waals surface area contributed by atoms with Crippen LogP contribution in [0.3, 0.4) is 0 Å². The summed E-state index contributed by atoms with van der Waals surface area (Å²) >= 11 is 0. The van der Waals surface area contributed by atoms with Gasteiger partial charge in [-0.2, -0.15) is 0 Å². The van der Waals surface area contributed by atoms with Crippen LogP contribution in [0.2, 0.25) is 0 Å². The van der Waals surface area contributed by atoms with Crippen molar-refractivity contribution in [3.8, 4) is 0 Å². The Kier molecular flexibility index (Phi) is 4.06. The van der Waals surface area contributed by atoms with Crippen LogP contribution < -0.4 is 0 Å². The predicted molar refractivity (Wildman–Crippen MR) is 57.9 cm³/mol.